The van der Waals surface area contributed by atoms with E-state index in [2.05, 4.69) is 30.9 Å². The summed E-state index contributed by atoms with van der Waals surface area (Å²) in [6.07, 6.45) is 0. The Balaban J connectivity index is 2.97. The Morgan fingerprint density at radius 3 is 2.39 bits per heavy atom. The number of aryl methyl sites for hydroxylation is 1. The summed E-state index contributed by atoms with van der Waals surface area (Å²) in [7, 11) is 0. The summed E-state index contributed by atoms with van der Waals surface area (Å²) in [6.45, 7) is 9.94. The lowest BCUT2D eigenvalue weighted by atomic mass is 9.98. The molecule has 1 atom stereocenters. The molecule has 0 saturated carbocycles. The van der Waals surface area contributed by atoms with Crippen LogP contribution in [0.5, 0.6) is 0 Å². The van der Waals surface area contributed by atoms with Gasteiger partial charge in [0.2, 0.25) is 0 Å². The molecule has 1 rings (SSSR count). The molecule has 1 unspecified atom stereocenters. The smallest absolute Gasteiger partial charge is 0.0718 e. The third kappa shape index (κ3) is 4.09. The van der Waals surface area contributed by atoms with E-state index in [-0.39, 0.29) is 6.04 Å². The molecule has 0 saturated heterocycles. The summed E-state index contributed by atoms with van der Waals surface area (Å²) >= 11 is 0. The van der Waals surface area contributed by atoms with Crippen LogP contribution in [0.1, 0.15) is 37.9 Å². The van der Waals surface area contributed by atoms with Crippen LogP contribution in [-0.2, 0) is 0 Å². The number of hydrogen-bond acceptors (Lipinski definition) is 3. The van der Waals surface area contributed by atoms with E-state index < -0.39 is 5.60 Å². The van der Waals surface area contributed by atoms with Crippen molar-refractivity contribution < 1.29 is 5.11 Å². The van der Waals surface area contributed by atoms with Gasteiger partial charge in [0.25, 0.3) is 0 Å². The number of rotatable bonds is 6. The van der Waals surface area contributed by atoms with Crippen molar-refractivity contribution >= 4 is 0 Å². The van der Waals surface area contributed by atoms with Crippen LogP contribution >= 0.6 is 0 Å². The zero-order valence-corrected chi connectivity index (χ0v) is 12.0. The van der Waals surface area contributed by atoms with Crippen LogP contribution in [0, 0.1) is 6.92 Å². The normalized spacial score (nSPS) is 13.9. The molecule has 3 heteroatoms. The molecule has 0 radical (unpaired) electrons. The lowest BCUT2D eigenvalue weighted by Gasteiger charge is -2.35. The molecule has 18 heavy (non-hydrogen) atoms. The van der Waals surface area contributed by atoms with Gasteiger partial charge >= 0.3 is 0 Å². The first-order valence-electron chi connectivity index (χ1n) is 6.61. The van der Waals surface area contributed by atoms with Crippen molar-refractivity contribution in [2.45, 2.75) is 39.3 Å². The quantitative estimate of drug-likeness (QED) is 0.813. The minimum atomic E-state index is -0.702. The predicted octanol–water partition coefficient (Wildman–Crippen LogP) is 2.09. The molecule has 3 N–H and O–H groups in total. The van der Waals surface area contributed by atoms with Gasteiger partial charge in [0.05, 0.1) is 5.60 Å². The fourth-order valence-corrected chi connectivity index (χ4v) is 2.37. The first-order valence-corrected chi connectivity index (χ1v) is 6.61. The van der Waals surface area contributed by atoms with E-state index in [0.717, 1.165) is 6.54 Å². The number of nitrogens with two attached hydrogens (primary N) is 1. The first-order chi connectivity index (χ1) is 8.39. The maximum atomic E-state index is 10.00. The van der Waals surface area contributed by atoms with Crippen LogP contribution < -0.4 is 5.73 Å². The highest BCUT2D eigenvalue weighted by molar-refractivity contribution is 5.29. The van der Waals surface area contributed by atoms with Crippen molar-refractivity contribution in [1.29, 1.82) is 0 Å². The van der Waals surface area contributed by atoms with Crippen LogP contribution in [0.2, 0.25) is 0 Å². The van der Waals surface area contributed by atoms with Gasteiger partial charge in [0, 0.05) is 19.1 Å². The van der Waals surface area contributed by atoms with E-state index >= 15 is 0 Å². The molecular formula is C15H26N2O. The van der Waals surface area contributed by atoms with Gasteiger partial charge in [-0.15, -0.1) is 0 Å². The summed E-state index contributed by atoms with van der Waals surface area (Å²) in [5.41, 5.74) is 7.75. The number of likely N-dealkylation sites (N-methyl/N-ethyl adjacent to an activating group) is 1. The van der Waals surface area contributed by atoms with Crippen molar-refractivity contribution in [3.63, 3.8) is 0 Å². The summed E-state index contributed by atoms with van der Waals surface area (Å²) in [4.78, 5) is 2.24. The van der Waals surface area contributed by atoms with Crippen molar-refractivity contribution in [3.05, 3.63) is 35.4 Å². The molecule has 0 aliphatic carbocycles. The van der Waals surface area contributed by atoms with E-state index in [1.807, 2.05) is 26.0 Å². The van der Waals surface area contributed by atoms with Crippen molar-refractivity contribution in [2.24, 2.45) is 5.73 Å². The molecule has 0 heterocycles. The minimum absolute atomic E-state index is 0.169. The molecule has 0 spiro atoms. The van der Waals surface area contributed by atoms with E-state index in [9.17, 15) is 5.11 Å². The van der Waals surface area contributed by atoms with Gasteiger partial charge in [0.1, 0.15) is 0 Å². The molecule has 0 amide bonds. The molecule has 0 aliphatic rings. The summed E-state index contributed by atoms with van der Waals surface area (Å²) < 4.78 is 0. The zero-order valence-electron chi connectivity index (χ0n) is 12.0. The zero-order chi connectivity index (χ0) is 13.8. The Labute approximate surface area is 111 Å². The van der Waals surface area contributed by atoms with E-state index in [0.29, 0.717) is 13.1 Å². The largest absolute Gasteiger partial charge is 0.389 e. The maximum Gasteiger partial charge on any atom is 0.0718 e. The van der Waals surface area contributed by atoms with Crippen LogP contribution in [0.4, 0.5) is 0 Å². The van der Waals surface area contributed by atoms with Crippen molar-refractivity contribution in [1.82, 2.24) is 4.90 Å². The Morgan fingerprint density at radius 2 is 1.94 bits per heavy atom. The standard InChI is InChI=1S/C15H26N2O/c1-5-17(11-15(3,4)18)14(10-16)13-9-7-6-8-12(13)2/h6-9,14,18H,5,10-11,16H2,1-4H3. The SMILES string of the molecule is CCN(CC(C)(C)O)C(CN)c1ccccc1C. The van der Waals surface area contributed by atoms with Gasteiger partial charge in [-0.05, 0) is 38.4 Å². The number of hydrogen-bond donors (Lipinski definition) is 2. The van der Waals surface area contributed by atoms with Crippen LogP contribution in [-0.4, -0.2) is 35.2 Å². The molecule has 3 nitrogen and oxygen atoms in total. The molecule has 0 fully saturated rings. The predicted molar refractivity (Wildman–Crippen MR) is 76.5 cm³/mol. The van der Waals surface area contributed by atoms with E-state index in [1.165, 1.54) is 11.1 Å². The Morgan fingerprint density at radius 1 is 1.33 bits per heavy atom. The Kier molecular flexibility index (Phi) is 5.32. The second-order valence-corrected chi connectivity index (χ2v) is 5.48. The molecule has 1 aromatic rings. The topological polar surface area (TPSA) is 49.5 Å². The Hall–Kier alpha value is -0.900. The number of aliphatic hydroxyl groups is 1. The second-order valence-electron chi connectivity index (χ2n) is 5.48. The Bertz CT molecular complexity index is 371. The highest BCUT2D eigenvalue weighted by Crippen LogP contribution is 2.24. The highest BCUT2D eigenvalue weighted by atomic mass is 16.3. The second kappa shape index (κ2) is 6.32. The molecule has 0 aromatic heterocycles. The molecule has 0 aliphatic heterocycles. The fourth-order valence-electron chi connectivity index (χ4n) is 2.37. The molecule has 0 bridgehead atoms. The summed E-state index contributed by atoms with van der Waals surface area (Å²) in [5, 5.41) is 10.00. The molecule has 1 aromatic carbocycles. The lowest BCUT2D eigenvalue weighted by molar-refractivity contribution is 0.0234. The van der Waals surface area contributed by atoms with E-state index in [1.54, 1.807) is 0 Å². The average molecular weight is 250 g/mol. The van der Waals surface area contributed by atoms with Gasteiger partial charge in [-0.25, -0.2) is 0 Å². The number of nitrogens with zero attached hydrogens (tertiary/aromatic N) is 1. The maximum absolute atomic E-state index is 10.00. The van der Waals surface area contributed by atoms with Crippen molar-refractivity contribution in [2.75, 3.05) is 19.6 Å². The van der Waals surface area contributed by atoms with E-state index in [4.69, 9.17) is 5.73 Å². The molecule has 102 valence electrons. The van der Waals surface area contributed by atoms with Gasteiger partial charge in [-0.2, -0.15) is 0 Å². The van der Waals surface area contributed by atoms with Gasteiger partial charge < -0.3 is 10.8 Å². The molecular weight excluding hydrogens is 224 g/mol. The van der Waals surface area contributed by atoms with Crippen LogP contribution in [0.25, 0.3) is 0 Å². The average Bonchev–Trinajstić information content (AvgIpc) is 2.29. The fraction of sp³-hybridized carbons (Fsp3) is 0.600. The van der Waals surface area contributed by atoms with Crippen molar-refractivity contribution in [3.8, 4) is 0 Å². The summed E-state index contributed by atoms with van der Waals surface area (Å²) in [5.74, 6) is 0. The third-order valence-electron chi connectivity index (χ3n) is 3.21. The first kappa shape index (κ1) is 15.2. The number of benzene rings is 1. The highest BCUT2D eigenvalue weighted by Gasteiger charge is 2.24. The van der Waals surface area contributed by atoms with Gasteiger partial charge in [0.15, 0.2) is 0 Å². The van der Waals surface area contributed by atoms with Gasteiger partial charge in [-0.3, -0.25) is 4.90 Å². The minimum Gasteiger partial charge on any atom is -0.389 e. The van der Waals surface area contributed by atoms with Crippen LogP contribution in [0.3, 0.4) is 0 Å². The van der Waals surface area contributed by atoms with Gasteiger partial charge in [-0.1, -0.05) is 31.2 Å². The summed E-state index contributed by atoms with van der Waals surface area (Å²) in [6, 6.07) is 8.49. The monoisotopic (exact) mass is 250 g/mol. The van der Waals surface area contributed by atoms with Crippen LogP contribution in [0.15, 0.2) is 24.3 Å². The third-order valence-corrected chi connectivity index (χ3v) is 3.21. The lowest BCUT2D eigenvalue weighted by Crippen LogP contribution is -2.43.